The third-order valence-electron chi connectivity index (χ3n) is 4.62. The molecule has 3 rings (SSSR count). The molecule has 0 aromatic carbocycles. The van der Waals surface area contributed by atoms with Crippen LogP contribution >= 0.6 is 11.3 Å². The van der Waals surface area contributed by atoms with Gasteiger partial charge in [-0.15, -0.1) is 11.3 Å². The van der Waals surface area contributed by atoms with E-state index in [1.165, 1.54) is 0 Å². The minimum atomic E-state index is 0.0376. The highest BCUT2D eigenvalue weighted by Crippen LogP contribution is 2.20. The lowest BCUT2D eigenvalue weighted by molar-refractivity contribution is -0.136. The molecule has 128 valence electrons. The SMILES string of the molecule is CC(C)N1CCO[C@@H](CC(=O)N2CCN(c3nccs3)CC2)C1. The summed E-state index contributed by atoms with van der Waals surface area (Å²) >= 11 is 1.66. The summed E-state index contributed by atoms with van der Waals surface area (Å²) in [5.41, 5.74) is 0. The van der Waals surface area contributed by atoms with E-state index in [1.54, 1.807) is 11.3 Å². The number of rotatable bonds is 4. The van der Waals surface area contributed by atoms with Gasteiger partial charge in [0.25, 0.3) is 0 Å². The maximum Gasteiger partial charge on any atom is 0.225 e. The molecule has 0 saturated carbocycles. The van der Waals surface area contributed by atoms with Gasteiger partial charge in [0, 0.05) is 56.9 Å². The van der Waals surface area contributed by atoms with E-state index in [4.69, 9.17) is 4.74 Å². The number of hydrogen-bond acceptors (Lipinski definition) is 6. The summed E-state index contributed by atoms with van der Waals surface area (Å²) in [5.74, 6) is 0.222. The molecule has 2 fully saturated rings. The summed E-state index contributed by atoms with van der Waals surface area (Å²) in [5, 5.41) is 3.05. The molecule has 0 N–H and O–H groups in total. The Bertz CT molecular complexity index is 500. The second kappa shape index (κ2) is 7.59. The molecule has 0 bridgehead atoms. The average molecular weight is 338 g/mol. The van der Waals surface area contributed by atoms with Crippen LogP contribution in [0.2, 0.25) is 0 Å². The number of anilines is 1. The van der Waals surface area contributed by atoms with Crippen molar-refractivity contribution < 1.29 is 9.53 Å². The van der Waals surface area contributed by atoms with E-state index in [2.05, 4.69) is 28.6 Å². The summed E-state index contributed by atoms with van der Waals surface area (Å²) < 4.78 is 5.79. The Morgan fingerprint density at radius 3 is 2.78 bits per heavy atom. The lowest BCUT2D eigenvalue weighted by Gasteiger charge is -2.38. The molecule has 6 nitrogen and oxygen atoms in total. The van der Waals surface area contributed by atoms with Gasteiger partial charge < -0.3 is 14.5 Å². The predicted molar refractivity (Wildman–Crippen MR) is 92.0 cm³/mol. The van der Waals surface area contributed by atoms with Crippen molar-refractivity contribution in [3.8, 4) is 0 Å². The Labute approximate surface area is 142 Å². The number of hydrogen-bond donors (Lipinski definition) is 0. The van der Waals surface area contributed by atoms with Gasteiger partial charge in [-0.05, 0) is 13.8 Å². The van der Waals surface area contributed by atoms with E-state index < -0.39 is 0 Å². The second-order valence-corrected chi connectivity index (χ2v) is 7.34. The van der Waals surface area contributed by atoms with Crippen molar-refractivity contribution in [1.82, 2.24) is 14.8 Å². The van der Waals surface area contributed by atoms with E-state index >= 15 is 0 Å². The summed E-state index contributed by atoms with van der Waals surface area (Å²) in [7, 11) is 0. The minimum Gasteiger partial charge on any atom is -0.375 e. The van der Waals surface area contributed by atoms with Crippen LogP contribution in [0.5, 0.6) is 0 Å². The fourth-order valence-electron chi connectivity index (χ4n) is 3.18. The van der Waals surface area contributed by atoms with Crippen LogP contribution in [0.4, 0.5) is 5.13 Å². The van der Waals surface area contributed by atoms with Gasteiger partial charge in [-0.25, -0.2) is 4.98 Å². The monoisotopic (exact) mass is 338 g/mol. The van der Waals surface area contributed by atoms with Crippen LogP contribution < -0.4 is 4.90 Å². The topological polar surface area (TPSA) is 48.9 Å². The van der Waals surface area contributed by atoms with Crippen LogP contribution in [0.1, 0.15) is 20.3 Å². The number of carbonyl (C=O) groups is 1. The number of aromatic nitrogens is 1. The molecule has 23 heavy (non-hydrogen) atoms. The Kier molecular flexibility index (Phi) is 5.50. The molecular formula is C16H26N4O2S. The number of morpholine rings is 1. The number of amides is 1. The van der Waals surface area contributed by atoms with Gasteiger partial charge in [-0.1, -0.05) is 0 Å². The Hall–Kier alpha value is -1.18. The van der Waals surface area contributed by atoms with Crippen molar-refractivity contribution in [2.24, 2.45) is 0 Å². The Morgan fingerprint density at radius 1 is 1.35 bits per heavy atom. The molecule has 2 aliphatic heterocycles. The predicted octanol–water partition coefficient (Wildman–Crippen LogP) is 1.29. The van der Waals surface area contributed by atoms with Crippen molar-refractivity contribution in [2.75, 3.05) is 50.8 Å². The fourth-order valence-corrected chi connectivity index (χ4v) is 3.87. The zero-order chi connectivity index (χ0) is 16.2. The van der Waals surface area contributed by atoms with Crippen LogP contribution in [0, 0.1) is 0 Å². The first-order valence-corrected chi connectivity index (χ1v) is 9.29. The molecular weight excluding hydrogens is 312 g/mol. The van der Waals surface area contributed by atoms with E-state index in [1.807, 2.05) is 16.5 Å². The number of carbonyl (C=O) groups excluding carboxylic acids is 1. The number of thiazole rings is 1. The molecule has 0 unspecified atom stereocenters. The maximum absolute atomic E-state index is 12.5. The first-order chi connectivity index (χ1) is 11.1. The van der Waals surface area contributed by atoms with Gasteiger partial charge in [-0.2, -0.15) is 0 Å². The van der Waals surface area contributed by atoms with Gasteiger partial charge in [-0.3, -0.25) is 9.69 Å². The van der Waals surface area contributed by atoms with Crippen LogP contribution in [0.3, 0.4) is 0 Å². The first-order valence-electron chi connectivity index (χ1n) is 8.41. The molecule has 2 aliphatic rings. The van der Waals surface area contributed by atoms with Gasteiger partial charge in [0.05, 0.1) is 19.1 Å². The second-order valence-electron chi connectivity index (χ2n) is 6.47. The van der Waals surface area contributed by atoms with Gasteiger partial charge in [0.1, 0.15) is 0 Å². The maximum atomic E-state index is 12.5. The van der Waals surface area contributed by atoms with Crippen molar-refractivity contribution in [2.45, 2.75) is 32.4 Å². The number of piperazine rings is 1. The third kappa shape index (κ3) is 4.22. The van der Waals surface area contributed by atoms with Crippen LogP contribution in [-0.4, -0.2) is 78.7 Å². The van der Waals surface area contributed by atoms with Gasteiger partial charge in [0.2, 0.25) is 5.91 Å². The van der Waals surface area contributed by atoms with Crippen molar-refractivity contribution in [3.63, 3.8) is 0 Å². The summed E-state index contributed by atoms with van der Waals surface area (Å²) in [4.78, 5) is 23.5. The average Bonchev–Trinajstić information content (AvgIpc) is 3.09. The highest BCUT2D eigenvalue weighted by Gasteiger charge is 2.28. The van der Waals surface area contributed by atoms with E-state index in [0.717, 1.165) is 51.0 Å². The molecule has 0 aliphatic carbocycles. The normalized spacial score (nSPS) is 23.5. The quantitative estimate of drug-likeness (QED) is 0.828. The number of nitrogens with zero attached hydrogens (tertiary/aromatic N) is 4. The number of ether oxygens (including phenoxy) is 1. The van der Waals surface area contributed by atoms with Crippen molar-refractivity contribution >= 4 is 22.4 Å². The van der Waals surface area contributed by atoms with Gasteiger partial charge >= 0.3 is 0 Å². The molecule has 3 heterocycles. The summed E-state index contributed by atoms with van der Waals surface area (Å²) in [6, 6.07) is 0.512. The largest absolute Gasteiger partial charge is 0.375 e. The molecule has 2 saturated heterocycles. The molecule has 1 amide bonds. The van der Waals surface area contributed by atoms with Crippen LogP contribution in [-0.2, 0) is 9.53 Å². The molecule has 0 radical (unpaired) electrons. The summed E-state index contributed by atoms with van der Waals surface area (Å²) in [6.07, 6.45) is 2.37. The van der Waals surface area contributed by atoms with Crippen molar-refractivity contribution in [1.29, 1.82) is 0 Å². The molecule has 0 spiro atoms. The Balaban J connectivity index is 1.46. The van der Waals surface area contributed by atoms with Crippen LogP contribution in [0.15, 0.2) is 11.6 Å². The molecule has 7 heteroatoms. The zero-order valence-corrected chi connectivity index (χ0v) is 14.8. The lowest BCUT2D eigenvalue weighted by atomic mass is 10.1. The highest BCUT2D eigenvalue weighted by atomic mass is 32.1. The standard InChI is InChI=1S/C16H26N4O2S/c1-13(2)20-8-9-22-14(12-20)11-15(21)18-4-6-19(7-5-18)16-17-3-10-23-16/h3,10,13-14H,4-9,11-12H2,1-2H3/t14-/m0/s1. The molecule has 1 aromatic rings. The highest BCUT2D eigenvalue weighted by molar-refractivity contribution is 7.13. The van der Waals surface area contributed by atoms with Crippen molar-refractivity contribution in [3.05, 3.63) is 11.6 Å². The summed E-state index contributed by atoms with van der Waals surface area (Å²) in [6.45, 7) is 10.2. The molecule has 1 aromatic heterocycles. The third-order valence-corrected chi connectivity index (χ3v) is 5.46. The van der Waals surface area contributed by atoms with E-state index in [-0.39, 0.29) is 12.0 Å². The zero-order valence-electron chi connectivity index (χ0n) is 14.0. The van der Waals surface area contributed by atoms with Crippen LogP contribution in [0.25, 0.3) is 0 Å². The fraction of sp³-hybridized carbons (Fsp3) is 0.750. The van der Waals surface area contributed by atoms with E-state index in [9.17, 15) is 4.79 Å². The lowest BCUT2D eigenvalue weighted by Crippen LogP contribution is -2.51. The Morgan fingerprint density at radius 2 is 2.13 bits per heavy atom. The smallest absolute Gasteiger partial charge is 0.225 e. The molecule has 1 atom stereocenters. The van der Waals surface area contributed by atoms with E-state index in [0.29, 0.717) is 12.5 Å². The van der Waals surface area contributed by atoms with Gasteiger partial charge in [0.15, 0.2) is 5.13 Å². The first kappa shape index (κ1) is 16.7. The minimum absolute atomic E-state index is 0.0376.